The van der Waals surface area contributed by atoms with E-state index in [1.807, 2.05) is 49.5 Å². The maximum Gasteiger partial charge on any atom is 0.247 e. The molecule has 3 unspecified atom stereocenters. The normalized spacial score (nSPS) is 18.8. The second-order valence-corrected chi connectivity index (χ2v) is 13.1. The molecule has 5 rings (SSSR count). The van der Waals surface area contributed by atoms with Gasteiger partial charge in [-0.2, -0.15) is 0 Å². The van der Waals surface area contributed by atoms with E-state index >= 15 is 0 Å². The highest BCUT2D eigenvalue weighted by molar-refractivity contribution is 6.30. The molecule has 0 bridgehead atoms. The van der Waals surface area contributed by atoms with Crippen molar-refractivity contribution in [1.82, 2.24) is 24.6 Å². The standard InChI is InChI=1S/C35H43Cl2N5O5/c1-2-28(24-43)40(15-12-26-22-38-30-7-4-3-6-29(26)30)33(44)21-31-35(46)42(32(37)20-25-8-10-27(36)11-9-25)23-34(45)41(31)14-5-13-39-16-18-47-19-17-39/h3-4,6-11,22,24,28,31-32,38H,2,5,12-21,23H2,1H3. The third-order valence-corrected chi connectivity index (χ3v) is 9.81. The van der Waals surface area contributed by atoms with E-state index < -0.39 is 17.6 Å². The van der Waals surface area contributed by atoms with Crippen LogP contribution < -0.4 is 0 Å². The number of para-hydroxylation sites is 1. The Labute approximate surface area is 285 Å². The van der Waals surface area contributed by atoms with Gasteiger partial charge in [0.05, 0.1) is 25.7 Å². The van der Waals surface area contributed by atoms with Crippen LogP contribution in [0.3, 0.4) is 0 Å². The first kappa shape index (κ1) is 34.9. The number of aromatic amines is 1. The van der Waals surface area contributed by atoms with Crippen molar-refractivity contribution < 1.29 is 23.9 Å². The summed E-state index contributed by atoms with van der Waals surface area (Å²) in [6.45, 7) is 6.03. The van der Waals surface area contributed by atoms with Gasteiger partial charge in [0.25, 0.3) is 0 Å². The largest absolute Gasteiger partial charge is 0.379 e. The van der Waals surface area contributed by atoms with Crippen LogP contribution >= 0.6 is 23.2 Å². The Morgan fingerprint density at radius 3 is 2.57 bits per heavy atom. The van der Waals surface area contributed by atoms with Gasteiger partial charge in [0, 0.05) is 61.3 Å². The summed E-state index contributed by atoms with van der Waals surface area (Å²) < 4.78 is 5.45. The molecule has 3 atom stereocenters. The number of carbonyl (C=O) groups is 4. The van der Waals surface area contributed by atoms with E-state index in [4.69, 9.17) is 27.9 Å². The Bertz CT molecular complexity index is 1530. The van der Waals surface area contributed by atoms with Crippen molar-refractivity contribution in [3.63, 3.8) is 0 Å². The molecular weight excluding hydrogens is 641 g/mol. The zero-order valence-corrected chi connectivity index (χ0v) is 28.3. The fourth-order valence-electron chi connectivity index (χ4n) is 6.47. The Kier molecular flexibility index (Phi) is 12.3. The zero-order chi connectivity index (χ0) is 33.3. The molecule has 2 saturated heterocycles. The number of aldehydes is 1. The smallest absolute Gasteiger partial charge is 0.247 e. The molecule has 2 aliphatic rings. The van der Waals surface area contributed by atoms with Gasteiger partial charge in [-0.3, -0.25) is 19.3 Å². The van der Waals surface area contributed by atoms with Crippen LogP contribution in [0.25, 0.3) is 10.9 Å². The number of benzene rings is 2. The second kappa shape index (κ2) is 16.6. The van der Waals surface area contributed by atoms with Gasteiger partial charge in [-0.1, -0.05) is 60.5 Å². The predicted octanol–water partition coefficient (Wildman–Crippen LogP) is 4.13. The van der Waals surface area contributed by atoms with Gasteiger partial charge in [0.2, 0.25) is 17.7 Å². The van der Waals surface area contributed by atoms with Gasteiger partial charge in [-0.15, -0.1) is 0 Å². The summed E-state index contributed by atoms with van der Waals surface area (Å²) in [4.78, 5) is 64.1. The molecule has 3 amide bonds. The predicted molar refractivity (Wildman–Crippen MR) is 182 cm³/mol. The average molecular weight is 685 g/mol. The van der Waals surface area contributed by atoms with Gasteiger partial charge in [0.15, 0.2) is 0 Å². The number of hydrogen-bond donors (Lipinski definition) is 1. The fraction of sp³-hybridized carbons (Fsp3) is 0.486. The fourth-order valence-corrected chi connectivity index (χ4v) is 6.94. The minimum absolute atomic E-state index is 0.168. The van der Waals surface area contributed by atoms with Crippen molar-refractivity contribution in [2.75, 3.05) is 52.5 Å². The molecule has 0 spiro atoms. The molecule has 3 aromatic rings. The lowest BCUT2D eigenvalue weighted by Gasteiger charge is -2.42. The van der Waals surface area contributed by atoms with Crippen LogP contribution in [0.15, 0.2) is 54.7 Å². The van der Waals surface area contributed by atoms with Crippen LogP contribution in [0.4, 0.5) is 0 Å². The molecule has 0 aliphatic carbocycles. The van der Waals surface area contributed by atoms with Crippen molar-refractivity contribution in [3.05, 3.63) is 70.9 Å². The summed E-state index contributed by atoms with van der Waals surface area (Å²) in [5.74, 6) is -0.966. The number of alkyl halides is 1. The van der Waals surface area contributed by atoms with E-state index in [0.717, 1.165) is 48.0 Å². The molecule has 10 nitrogen and oxygen atoms in total. The number of halogens is 2. The molecular formula is C35H43Cl2N5O5. The van der Waals surface area contributed by atoms with Gasteiger partial charge in [-0.25, -0.2) is 0 Å². The lowest BCUT2D eigenvalue weighted by Crippen LogP contribution is -2.63. The highest BCUT2D eigenvalue weighted by Crippen LogP contribution is 2.25. The van der Waals surface area contributed by atoms with Crippen LogP contribution in [0.1, 0.15) is 37.3 Å². The molecule has 1 N–H and O–H groups in total. The number of hydrogen-bond acceptors (Lipinski definition) is 6. The quantitative estimate of drug-likeness (QED) is 0.147. The van der Waals surface area contributed by atoms with Gasteiger partial charge < -0.3 is 29.2 Å². The van der Waals surface area contributed by atoms with Crippen LogP contribution in [0, 0.1) is 0 Å². The summed E-state index contributed by atoms with van der Waals surface area (Å²) in [6, 6.07) is 13.4. The summed E-state index contributed by atoms with van der Waals surface area (Å²) >= 11 is 12.8. The van der Waals surface area contributed by atoms with Gasteiger partial charge in [0.1, 0.15) is 24.4 Å². The van der Waals surface area contributed by atoms with E-state index in [1.54, 1.807) is 21.9 Å². The first-order chi connectivity index (χ1) is 22.8. The number of nitrogens with one attached hydrogen (secondary N) is 1. The number of amides is 3. The SMILES string of the molecule is CCC(C=O)N(CCc1c[nH]c2ccccc12)C(=O)CC1C(=O)N(C(Cl)Cc2ccc(Cl)cc2)CC(=O)N1CCCN1CCOCC1. The van der Waals surface area contributed by atoms with Crippen LogP contribution in [-0.2, 0) is 36.8 Å². The number of morpholine rings is 1. The lowest BCUT2D eigenvalue weighted by atomic mass is 10.0. The number of aromatic nitrogens is 1. The van der Waals surface area contributed by atoms with Crippen LogP contribution in [-0.4, -0.2) is 119 Å². The van der Waals surface area contributed by atoms with Crippen molar-refractivity contribution in [1.29, 1.82) is 0 Å². The third-order valence-electron chi connectivity index (χ3n) is 9.16. The highest BCUT2D eigenvalue weighted by atomic mass is 35.5. The number of fused-ring (bicyclic) bond motifs is 1. The molecule has 1 aromatic heterocycles. The number of rotatable bonds is 15. The monoisotopic (exact) mass is 683 g/mol. The summed E-state index contributed by atoms with van der Waals surface area (Å²) in [5.41, 5.74) is 2.11. The maximum atomic E-state index is 14.1. The summed E-state index contributed by atoms with van der Waals surface area (Å²) in [6.07, 6.45) is 4.40. The Morgan fingerprint density at radius 1 is 1.11 bits per heavy atom. The van der Waals surface area contributed by atoms with Crippen LogP contribution in [0.5, 0.6) is 0 Å². The minimum Gasteiger partial charge on any atom is -0.379 e. The zero-order valence-electron chi connectivity index (χ0n) is 26.8. The van der Waals surface area contributed by atoms with Gasteiger partial charge in [-0.05, 0) is 48.6 Å². The first-order valence-electron chi connectivity index (χ1n) is 16.4. The molecule has 252 valence electrons. The Hall–Kier alpha value is -3.44. The van der Waals surface area contributed by atoms with E-state index in [-0.39, 0.29) is 30.7 Å². The van der Waals surface area contributed by atoms with E-state index in [9.17, 15) is 19.2 Å². The lowest BCUT2D eigenvalue weighted by molar-refractivity contribution is -0.159. The second-order valence-electron chi connectivity index (χ2n) is 12.2. The summed E-state index contributed by atoms with van der Waals surface area (Å²) in [5, 5.41) is 1.65. The van der Waals surface area contributed by atoms with Crippen molar-refractivity contribution in [2.45, 2.75) is 56.6 Å². The number of piperazine rings is 1. The first-order valence-corrected chi connectivity index (χ1v) is 17.2. The molecule has 12 heteroatoms. The van der Waals surface area contributed by atoms with Crippen molar-refractivity contribution in [2.24, 2.45) is 0 Å². The third kappa shape index (κ3) is 8.73. The van der Waals surface area contributed by atoms with Crippen molar-refractivity contribution in [3.8, 4) is 0 Å². The molecule has 2 fully saturated rings. The van der Waals surface area contributed by atoms with E-state index in [0.29, 0.717) is 57.0 Å². The van der Waals surface area contributed by atoms with E-state index in [2.05, 4.69) is 9.88 Å². The number of carbonyl (C=O) groups excluding carboxylic acids is 4. The van der Waals surface area contributed by atoms with Crippen molar-refractivity contribution >= 4 is 58.1 Å². The Balaban J connectivity index is 1.34. The van der Waals surface area contributed by atoms with E-state index in [1.165, 1.54) is 4.90 Å². The Morgan fingerprint density at radius 2 is 1.85 bits per heavy atom. The molecule has 47 heavy (non-hydrogen) atoms. The summed E-state index contributed by atoms with van der Waals surface area (Å²) in [7, 11) is 0. The molecule has 2 aliphatic heterocycles. The maximum absolute atomic E-state index is 14.1. The molecule has 2 aromatic carbocycles. The molecule has 3 heterocycles. The minimum atomic E-state index is -1.03. The average Bonchev–Trinajstić information content (AvgIpc) is 3.50. The number of H-pyrrole nitrogens is 1. The number of nitrogens with zero attached hydrogens (tertiary/aromatic N) is 4. The van der Waals surface area contributed by atoms with Crippen LogP contribution in [0.2, 0.25) is 5.02 Å². The topological polar surface area (TPSA) is 106 Å². The highest BCUT2D eigenvalue weighted by Gasteiger charge is 2.43. The number of ether oxygens (including phenoxy) is 1. The molecule has 0 saturated carbocycles. The molecule has 0 radical (unpaired) electrons. The van der Waals surface area contributed by atoms with Gasteiger partial charge >= 0.3 is 0 Å².